The molecule has 0 bridgehead atoms. The molecule has 0 aliphatic heterocycles. The van der Waals surface area contributed by atoms with Gasteiger partial charge in [-0.05, 0) is 12.1 Å². The van der Waals surface area contributed by atoms with Crippen LogP contribution in [0.15, 0.2) is 36.5 Å². The minimum Gasteiger partial charge on any atom is -0.364 e. The van der Waals surface area contributed by atoms with Gasteiger partial charge in [0, 0.05) is 21.7 Å². The van der Waals surface area contributed by atoms with Crippen molar-refractivity contribution in [3.63, 3.8) is 0 Å². The SMILES string of the molecule is NC(=O)c1cc2c(cn1)sc1ccccc12. The van der Waals surface area contributed by atoms with Crippen LogP contribution in [0.3, 0.4) is 0 Å². The lowest BCUT2D eigenvalue weighted by molar-refractivity contribution is 0.0996. The van der Waals surface area contributed by atoms with Gasteiger partial charge < -0.3 is 5.73 Å². The van der Waals surface area contributed by atoms with E-state index in [1.54, 1.807) is 23.6 Å². The van der Waals surface area contributed by atoms with Gasteiger partial charge in [0.05, 0.1) is 4.70 Å². The first-order valence-electron chi connectivity index (χ1n) is 4.83. The molecule has 0 aliphatic rings. The topological polar surface area (TPSA) is 56.0 Å². The Balaban J connectivity index is 2.44. The number of hydrogen-bond donors (Lipinski definition) is 1. The number of hydrogen-bond acceptors (Lipinski definition) is 3. The summed E-state index contributed by atoms with van der Waals surface area (Å²) in [5.41, 5.74) is 5.54. The molecule has 0 saturated heterocycles. The number of nitrogens with two attached hydrogens (primary N) is 1. The molecule has 1 amide bonds. The fourth-order valence-corrected chi connectivity index (χ4v) is 2.82. The lowest BCUT2D eigenvalue weighted by Gasteiger charge is -1.94. The number of aromatic nitrogens is 1. The van der Waals surface area contributed by atoms with Gasteiger partial charge in [-0.1, -0.05) is 18.2 Å². The van der Waals surface area contributed by atoms with Crippen LogP contribution in [-0.4, -0.2) is 10.9 Å². The van der Waals surface area contributed by atoms with E-state index in [2.05, 4.69) is 11.1 Å². The highest BCUT2D eigenvalue weighted by atomic mass is 32.1. The highest BCUT2D eigenvalue weighted by molar-refractivity contribution is 7.25. The fraction of sp³-hybridized carbons (Fsp3) is 0. The Morgan fingerprint density at radius 2 is 2.00 bits per heavy atom. The largest absolute Gasteiger partial charge is 0.364 e. The molecule has 0 fully saturated rings. The number of benzene rings is 1. The summed E-state index contributed by atoms with van der Waals surface area (Å²) in [5, 5.41) is 2.19. The summed E-state index contributed by atoms with van der Waals surface area (Å²) < 4.78 is 2.27. The van der Waals surface area contributed by atoms with Crippen molar-refractivity contribution in [2.24, 2.45) is 5.73 Å². The molecular formula is C12H8N2OS. The summed E-state index contributed by atoms with van der Waals surface area (Å²) >= 11 is 1.67. The van der Waals surface area contributed by atoms with Crippen LogP contribution in [-0.2, 0) is 0 Å². The van der Waals surface area contributed by atoms with Crippen LogP contribution >= 0.6 is 11.3 Å². The number of amides is 1. The maximum Gasteiger partial charge on any atom is 0.267 e. The number of fused-ring (bicyclic) bond motifs is 3. The van der Waals surface area contributed by atoms with Gasteiger partial charge in [-0.25, -0.2) is 4.98 Å². The normalized spacial score (nSPS) is 11.0. The first kappa shape index (κ1) is 9.30. The first-order chi connectivity index (χ1) is 7.75. The van der Waals surface area contributed by atoms with Crippen LogP contribution in [0.2, 0.25) is 0 Å². The quantitative estimate of drug-likeness (QED) is 0.695. The molecule has 0 unspecified atom stereocenters. The van der Waals surface area contributed by atoms with Crippen LogP contribution in [0.1, 0.15) is 10.5 Å². The molecule has 3 nitrogen and oxygen atoms in total. The van der Waals surface area contributed by atoms with Crippen LogP contribution in [0.25, 0.3) is 20.2 Å². The molecule has 0 aliphatic carbocycles. The van der Waals surface area contributed by atoms with E-state index in [0.717, 1.165) is 15.5 Å². The van der Waals surface area contributed by atoms with E-state index in [0.29, 0.717) is 5.69 Å². The van der Waals surface area contributed by atoms with Crippen molar-refractivity contribution in [2.75, 3.05) is 0 Å². The van der Waals surface area contributed by atoms with E-state index in [4.69, 9.17) is 5.73 Å². The lowest BCUT2D eigenvalue weighted by Crippen LogP contribution is -2.12. The third-order valence-corrected chi connectivity index (χ3v) is 3.64. The number of thiophene rings is 1. The van der Waals surface area contributed by atoms with E-state index in [1.165, 1.54) is 4.70 Å². The van der Waals surface area contributed by atoms with E-state index in [1.807, 2.05) is 18.2 Å². The van der Waals surface area contributed by atoms with Crippen molar-refractivity contribution in [2.45, 2.75) is 0 Å². The lowest BCUT2D eigenvalue weighted by atomic mass is 10.1. The minimum atomic E-state index is -0.489. The molecule has 3 aromatic rings. The Morgan fingerprint density at radius 3 is 2.81 bits per heavy atom. The third-order valence-electron chi connectivity index (χ3n) is 2.52. The highest BCUT2D eigenvalue weighted by Crippen LogP contribution is 2.33. The zero-order chi connectivity index (χ0) is 11.1. The van der Waals surface area contributed by atoms with Crippen molar-refractivity contribution in [3.05, 3.63) is 42.2 Å². The van der Waals surface area contributed by atoms with E-state index < -0.39 is 5.91 Å². The smallest absolute Gasteiger partial charge is 0.267 e. The number of carbonyl (C=O) groups is 1. The maximum atomic E-state index is 11.1. The highest BCUT2D eigenvalue weighted by Gasteiger charge is 2.08. The van der Waals surface area contributed by atoms with Gasteiger partial charge in [-0.3, -0.25) is 4.79 Å². The second-order valence-corrected chi connectivity index (χ2v) is 4.61. The monoisotopic (exact) mass is 228 g/mol. The number of primary amides is 1. The zero-order valence-corrected chi connectivity index (χ0v) is 9.12. The second-order valence-electron chi connectivity index (χ2n) is 3.53. The van der Waals surface area contributed by atoms with Gasteiger partial charge in [-0.2, -0.15) is 0 Å². The summed E-state index contributed by atoms with van der Waals surface area (Å²) in [5.74, 6) is -0.489. The predicted molar refractivity (Wildman–Crippen MR) is 65.6 cm³/mol. The van der Waals surface area contributed by atoms with E-state index in [9.17, 15) is 4.79 Å². The van der Waals surface area contributed by atoms with Crippen LogP contribution < -0.4 is 5.73 Å². The van der Waals surface area contributed by atoms with Crippen molar-refractivity contribution in [1.29, 1.82) is 0 Å². The van der Waals surface area contributed by atoms with Gasteiger partial charge in [0.1, 0.15) is 5.69 Å². The molecular weight excluding hydrogens is 220 g/mol. The van der Waals surface area contributed by atoms with Crippen molar-refractivity contribution in [1.82, 2.24) is 4.98 Å². The van der Waals surface area contributed by atoms with Crippen molar-refractivity contribution >= 4 is 37.4 Å². The molecule has 0 saturated carbocycles. The van der Waals surface area contributed by atoms with Crippen molar-refractivity contribution < 1.29 is 4.79 Å². The zero-order valence-electron chi connectivity index (χ0n) is 8.31. The summed E-state index contributed by atoms with van der Waals surface area (Å²) in [6, 6.07) is 9.85. The standard InChI is InChI=1S/C12H8N2OS/c13-12(15)9-5-8-7-3-1-2-4-10(7)16-11(8)6-14-9/h1-6H,(H2,13,15). The predicted octanol–water partition coefficient (Wildman–Crippen LogP) is 2.55. The molecule has 1 aromatic carbocycles. The molecule has 0 radical (unpaired) electrons. The van der Waals surface area contributed by atoms with Gasteiger partial charge in [0.25, 0.3) is 5.91 Å². The molecule has 0 atom stereocenters. The van der Waals surface area contributed by atoms with Crippen LogP contribution in [0, 0.1) is 0 Å². The third kappa shape index (κ3) is 1.27. The Bertz CT molecular complexity index is 702. The Labute approximate surface area is 95.5 Å². The molecule has 2 N–H and O–H groups in total. The Morgan fingerprint density at radius 1 is 1.19 bits per heavy atom. The van der Waals surface area contributed by atoms with Gasteiger partial charge in [0.2, 0.25) is 0 Å². The Hall–Kier alpha value is -1.94. The Kier molecular flexibility index (Phi) is 1.91. The molecule has 16 heavy (non-hydrogen) atoms. The summed E-state index contributed by atoms with van der Waals surface area (Å²) in [7, 11) is 0. The average Bonchev–Trinajstić information content (AvgIpc) is 2.66. The number of carbonyl (C=O) groups excluding carboxylic acids is 1. The number of pyridine rings is 1. The fourth-order valence-electron chi connectivity index (χ4n) is 1.77. The number of nitrogens with zero attached hydrogens (tertiary/aromatic N) is 1. The summed E-state index contributed by atoms with van der Waals surface area (Å²) in [6.07, 6.45) is 1.71. The molecule has 78 valence electrons. The van der Waals surface area contributed by atoms with Gasteiger partial charge >= 0.3 is 0 Å². The minimum absolute atomic E-state index is 0.316. The van der Waals surface area contributed by atoms with Crippen molar-refractivity contribution in [3.8, 4) is 0 Å². The molecule has 2 heterocycles. The second kappa shape index (κ2) is 3.28. The van der Waals surface area contributed by atoms with Gasteiger partial charge in [0.15, 0.2) is 0 Å². The molecule has 0 spiro atoms. The van der Waals surface area contributed by atoms with E-state index in [-0.39, 0.29) is 0 Å². The molecule has 2 aromatic heterocycles. The molecule has 4 heteroatoms. The van der Waals surface area contributed by atoms with Gasteiger partial charge in [-0.15, -0.1) is 11.3 Å². The maximum absolute atomic E-state index is 11.1. The van der Waals surface area contributed by atoms with E-state index >= 15 is 0 Å². The van der Waals surface area contributed by atoms with Crippen LogP contribution in [0.4, 0.5) is 0 Å². The number of rotatable bonds is 1. The first-order valence-corrected chi connectivity index (χ1v) is 5.64. The molecule has 3 rings (SSSR count). The summed E-state index contributed by atoms with van der Waals surface area (Å²) in [4.78, 5) is 15.1. The average molecular weight is 228 g/mol. The summed E-state index contributed by atoms with van der Waals surface area (Å²) in [6.45, 7) is 0. The van der Waals surface area contributed by atoms with Crippen LogP contribution in [0.5, 0.6) is 0 Å².